The number of amides is 1. The Labute approximate surface area is 115 Å². The highest BCUT2D eigenvalue weighted by Gasteiger charge is 2.39. The standard InChI is InChI=1S/C12H13F2NO4S/c1-2-19-8-3-4-11(10(13)5-8)15-7-9(6-12(15)16)20(14,17)18/h3-5,9H,2,6-7H2,1H3. The lowest BCUT2D eigenvalue weighted by Crippen LogP contribution is -2.27. The second-order valence-corrected chi connectivity index (χ2v) is 5.97. The first kappa shape index (κ1) is 14.7. The number of benzene rings is 1. The van der Waals surface area contributed by atoms with E-state index in [1.54, 1.807) is 6.92 Å². The molecule has 1 saturated heterocycles. The molecule has 2 rings (SSSR count). The molecule has 0 radical (unpaired) electrons. The summed E-state index contributed by atoms with van der Waals surface area (Å²) in [6.07, 6.45) is -0.481. The Bertz CT molecular complexity index is 632. The average Bonchev–Trinajstić information content (AvgIpc) is 2.72. The van der Waals surface area contributed by atoms with Gasteiger partial charge in [0.2, 0.25) is 5.91 Å². The third-order valence-electron chi connectivity index (χ3n) is 3.01. The van der Waals surface area contributed by atoms with E-state index < -0.39 is 33.6 Å². The minimum atomic E-state index is -4.82. The van der Waals surface area contributed by atoms with Gasteiger partial charge in [0.05, 0.1) is 12.3 Å². The second kappa shape index (κ2) is 5.35. The van der Waals surface area contributed by atoms with Crippen molar-refractivity contribution in [2.24, 2.45) is 0 Å². The summed E-state index contributed by atoms with van der Waals surface area (Å²) in [6, 6.07) is 3.88. The maximum atomic E-state index is 13.9. The summed E-state index contributed by atoms with van der Waals surface area (Å²) in [7, 11) is -4.82. The highest BCUT2D eigenvalue weighted by Crippen LogP contribution is 2.30. The van der Waals surface area contributed by atoms with Crippen molar-refractivity contribution in [3.05, 3.63) is 24.0 Å². The Morgan fingerprint density at radius 1 is 1.45 bits per heavy atom. The Morgan fingerprint density at radius 3 is 2.65 bits per heavy atom. The molecular formula is C12H13F2NO4S. The highest BCUT2D eigenvalue weighted by atomic mass is 32.3. The topological polar surface area (TPSA) is 63.7 Å². The summed E-state index contributed by atoms with van der Waals surface area (Å²) in [5.74, 6) is -1.05. The average molecular weight is 305 g/mol. The first-order chi connectivity index (χ1) is 9.32. The summed E-state index contributed by atoms with van der Waals surface area (Å²) in [5.41, 5.74) is -0.0791. The van der Waals surface area contributed by atoms with E-state index >= 15 is 0 Å². The molecule has 0 N–H and O–H groups in total. The van der Waals surface area contributed by atoms with Crippen molar-refractivity contribution in [2.75, 3.05) is 18.1 Å². The molecule has 0 saturated carbocycles. The number of ether oxygens (including phenoxy) is 1. The van der Waals surface area contributed by atoms with E-state index in [-0.39, 0.29) is 12.2 Å². The number of hydrogen-bond acceptors (Lipinski definition) is 4. The second-order valence-electron chi connectivity index (χ2n) is 4.35. The number of carbonyl (C=O) groups excluding carboxylic acids is 1. The number of nitrogens with zero attached hydrogens (tertiary/aromatic N) is 1. The maximum Gasteiger partial charge on any atom is 0.307 e. The molecule has 110 valence electrons. The Morgan fingerprint density at radius 2 is 2.15 bits per heavy atom. The van der Waals surface area contributed by atoms with Crippen LogP contribution in [0.4, 0.5) is 14.0 Å². The fourth-order valence-corrected chi connectivity index (χ4v) is 2.73. The minimum Gasteiger partial charge on any atom is -0.494 e. The largest absolute Gasteiger partial charge is 0.494 e. The summed E-state index contributed by atoms with van der Waals surface area (Å²) in [6.45, 7) is 1.72. The number of anilines is 1. The van der Waals surface area contributed by atoms with Crippen molar-refractivity contribution < 1.29 is 26.2 Å². The lowest BCUT2D eigenvalue weighted by atomic mass is 10.2. The van der Waals surface area contributed by atoms with Crippen molar-refractivity contribution in [1.82, 2.24) is 0 Å². The Balaban J connectivity index is 2.26. The van der Waals surface area contributed by atoms with Crippen LogP contribution in [0.25, 0.3) is 0 Å². The third kappa shape index (κ3) is 2.90. The van der Waals surface area contributed by atoms with Gasteiger partial charge in [-0.2, -0.15) is 8.42 Å². The van der Waals surface area contributed by atoms with Gasteiger partial charge >= 0.3 is 10.2 Å². The van der Waals surface area contributed by atoms with Crippen molar-refractivity contribution >= 4 is 21.8 Å². The smallest absolute Gasteiger partial charge is 0.307 e. The van der Waals surface area contributed by atoms with Crippen LogP contribution in [0, 0.1) is 5.82 Å². The molecule has 1 unspecified atom stereocenters. The fourth-order valence-electron chi connectivity index (χ4n) is 2.06. The van der Waals surface area contributed by atoms with Crippen molar-refractivity contribution in [1.29, 1.82) is 0 Å². The molecule has 1 aliphatic heterocycles. The zero-order valence-corrected chi connectivity index (χ0v) is 11.5. The summed E-state index contributed by atoms with van der Waals surface area (Å²) in [4.78, 5) is 12.6. The molecule has 1 aromatic carbocycles. The molecular weight excluding hydrogens is 292 g/mol. The Kier molecular flexibility index (Phi) is 3.94. The molecule has 20 heavy (non-hydrogen) atoms. The first-order valence-corrected chi connectivity index (χ1v) is 7.43. The van der Waals surface area contributed by atoms with Crippen LogP contribution in [0.2, 0.25) is 0 Å². The van der Waals surface area contributed by atoms with Gasteiger partial charge in [0.15, 0.2) is 5.82 Å². The molecule has 0 aliphatic carbocycles. The molecule has 1 aliphatic rings. The van der Waals surface area contributed by atoms with Crippen LogP contribution in [0.15, 0.2) is 18.2 Å². The zero-order chi connectivity index (χ0) is 14.9. The van der Waals surface area contributed by atoms with Crippen LogP contribution in [0.5, 0.6) is 5.75 Å². The molecule has 1 heterocycles. The summed E-state index contributed by atoms with van der Waals surface area (Å²) < 4.78 is 53.6. The van der Waals surface area contributed by atoms with Gasteiger partial charge in [-0.25, -0.2) is 4.39 Å². The zero-order valence-electron chi connectivity index (χ0n) is 10.7. The number of carbonyl (C=O) groups is 1. The molecule has 0 spiro atoms. The van der Waals surface area contributed by atoms with Gasteiger partial charge < -0.3 is 9.64 Å². The van der Waals surface area contributed by atoms with Crippen LogP contribution < -0.4 is 9.64 Å². The monoisotopic (exact) mass is 305 g/mol. The third-order valence-corrected chi connectivity index (χ3v) is 4.12. The van der Waals surface area contributed by atoms with Gasteiger partial charge in [-0.15, -0.1) is 3.89 Å². The lowest BCUT2D eigenvalue weighted by molar-refractivity contribution is -0.117. The van der Waals surface area contributed by atoms with E-state index in [1.165, 1.54) is 12.1 Å². The SMILES string of the molecule is CCOc1ccc(N2CC(S(=O)(=O)F)CC2=O)c(F)c1. The molecule has 8 heteroatoms. The predicted molar refractivity (Wildman–Crippen MR) is 68.4 cm³/mol. The molecule has 0 aromatic heterocycles. The van der Waals surface area contributed by atoms with E-state index in [9.17, 15) is 21.5 Å². The predicted octanol–water partition coefficient (Wildman–Crippen LogP) is 1.63. The highest BCUT2D eigenvalue weighted by molar-refractivity contribution is 7.87. The van der Waals surface area contributed by atoms with E-state index in [0.717, 1.165) is 11.0 Å². The molecule has 1 amide bonds. The van der Waals surface area contributed by atoms with E-state index in [1.807, 2.05) is 0 Å². The van der Waals surface area contributed by atoms with E-state index in [0.29, 0.717) is 12.4 Å². The van der Waals surface area contributed by atoms with Crippen molar-refractivity contribution in [2.45, 2.75) is 18.6 Å². The van der Waals surface area contributed by atoms with Crippen molar-refractivity contribution in [3.63, 3.8) is 0 Å². The van der Waals surface area contributed by atoms with Gasteiger partial charge in [-0.1, -0.05) is 0 Å². The fraction of sp³-hybridized carbons (Fsp3) is 0.417. The van der Waals surface area contributed by atoms with Gasteiger partial charge in [0.1, 0.15) is 11.0 Å². The summed E-state index contributed by atoms with van der Waals surface area (Å²) >= 11 is 0. The lowest BCUT2D eigenvalue weighted by Gasteiger charge is -2.17. The van der Waals surface area contributed by atoms with Crippen molar-refractivity contribution in [3.8, 4) is 5.75 Å². The van der Waals surface area contributed by atoms with E-state index in [4.69, 9.17) is 4.74 Å². The molecule has 1 aromatic rings. The number of hydrogen-bond donors (Lipinski definition) is 0. The van der Waals surface area contributed by atoms with Gasteiger partial charge in [0, 0.05) is 19.0 Å². The number of rotatable bonds is 4. The van der Waals surface area contributed by atoms with Crippen LogP contribution in [-0.4, -0.2) is 32.7 Å². The van der Waals surface area contributed by atoms with Crippen LogP contribution in [-0.2, 0) is 15.0 Å². The van der Waals surface area contributed by atoms with E-state index in [2.05, 4.69) is 0 Å². The maximum absolute atomic E-state index is 13.9. The van der Waals surface area contributed by atoms with Gasteiger partial charge in [0.25, 0.3) is 0 Å². The number of halogens is 2. The van der Waals surface area contributed by atoms with Gasteiger partial charge in [-0.3, -0.25) is 4.79 Å². The normalized spacial score (nSPS) is 19.4. The first-order valence-electron chi connectivity index (χ1n) is 5.99. The van der Waals surface area contributed by atoms with Crippen LogP contribution in [0.3, 0.4) is 0 Å². The van der Waals surface area contributed by atoms with Crippen LogP contribution in [0.1, 0.15) is 13.3 Å². The minimum absolute atomic E-state index is 0.0791. The summed E-state index contributed by atoms with van der Waals surface area (Å²) in [5, 5.41) is -1.44. The quantitative estimate of drug-likeness (QED) is 0.793. The molecule has 0 bridgehead atoms. The molecule has 5 nitrogen and oxygen atoms in total. The van der Waals surface area contributed by atoms with Gasteiger partial charge in [-0.05, 0) is 19.1 Å². The Hall–Kier alpha value is -1.70. The van der Waals surface area contributed by atoms with Crippen LogP contribution >= 0.6 is 0 Å². The molecule has 1 atom stereocenters. The molecule has 1 fully saturated rings.